The summed E-state index contributed by atoms with van der Waals surface area (Å²) in [5, 5.41) is 13.8. The van der Waals surface area contributed by atoms with Crippen molar-refractivity contribution in [3.8, 4) is 0 Å². The Balaban J connectivity index is 2.10. The molecular formula is C11H23NOS. The monoisotopic (exact) mass is 217 g/mol. The van der Waals surface area contributed by atoms with Crippen molar-refractivity contribution >= 4 is 11.8 Å². The summed E-state index contributed by atoms with van der Waals surface area (Å²) in [6.45, 7) is 2.79. The highest BCUT2D eigenvalue weighted by molar-refractivity contribution is 7.99. The van der Waals surface area contributed by atoms with Gasteiger partial charge in [-0.05, 0) is 38.4 Å². The van der Waals surface area contributed by atoms with Gasteiger partial charge in [0.25, 0.3) is 0 Å². The summed E-state index contributed by atoms with van der Waals surface area (Å²) in [5.74, 6) is 0. The van der Waals surface area contributed by atoms with Gasteiger partial charge < -0.3 is 10.4 Å². The SMILES string of the molecule is CCC(O)CNC1CCC(SC)CC1. The van der Waals surface area contributed by atoms with E-state index in [1.165, 1.54) is 25.7 Å². The predicted octanol–water partition coefficient (Wildman–Crippen LogP) is 2.02. The maximum atomic E-state index is 9.42. The molecule has 0 aromatic carbocycles. The Labute approximate surface area is 91.9 Å². The number of thioether (sulfide) groups is 1. The summed E-state index contributed by atoms with van der Waals surface area (Å²) < 4.78 is 0. The van der Waals surface area contributed by atoms with Crippen molar-refractivity contribution in [2.45, 2.75) is 56.4 Å². The van der Waals surface area contributed by atoms with Crippen LogP contribution in [0.4, 0.5) is 0 Å². The minimum atomic E-state index is -0.159. The molecular weight excluding hydrogens is 194 g/mol. The first-order valence-corrected chi connectivity index (χ1v) is 6.99. The lowest BCUT2D eigenvalue weighted by Crippen LogP contribution is -2.38. The molecule has 3 heteroatoms. The van der Waals surface area contributed by atoms with Crippen LogP contribution in [-0.4, -0.2) is 35.3 Å². The summed E-state index contributed by atoms with van der Waals surface area (Å²) in [5.41, 5.74) is 0. The maximum Gasteiger partial charge on any atom is 0.0662 e. The minimum absolute atomic E-state index is 0.159. The molecule has 0 amide bonds. The number of aliphatic hydroxyl groups excluding tert-OH is 1. The van der Waals surface area contributed by atoms with Crippen LogP contribution in [0.3, 0.4) is 0 Å². The second-order valence-electron chi connectivity index (χ2n) is 4.18. The first kappa shape index (κ1) is 12.3. The van der Waals surface area contributed by atoms with Gasteiger partial charge in [-0.1, -0.05) is 6.92 Å². The van der Waals surface area contributed by atoms with E-state index in [4.69, 9.17) is 0 Å². The lowest BCUT2D eigenvalue weighted by Gasteiger charge is -2.28. The molecule has 2 N–H and O–H groups in total. The van der Waals surface area contributed by atoms with Gasteiger partial charge in [-0.3, -0.25) is 0 Å². The van der Waals surface area contributed by atoms with Crippen LogP contribution in [-0.2, 0) is 0 Å². The van der Waals surface area contributed by atoms with Crippen molar-refractivity contribution in [3.05, 3.63) is 0 Å². The van der Waals surface area contributed by atoms with E-state index < -0.39 is 0 Å². The molecule has 0 saturated heterocycles. The van der Waals surface area contributed by atoms with Crippen molar-refractivity contribution in [1.82, 2.24) is 5.32 Å². The van der Waals surface area contributed by atoms with Gasteiger partial charge in [0.1, 0.15) is 0 Å². The van der Waals surface area contributed by atoms with Crippen LogP contribution in [0, 0.1) is 0 Å². The topological polar surface area (TPSA) is 32.3 Å². The van der Waals surface area contributed by atoms with E-state index in [-0.39, 0.29) is 6.10 Å². The molecule has 1 saturated carbocycles. The molecule has 0 radical (unpaired) electrons. The molecule has 0 spiro atoms. The molecule has 1 atom stereocenters. The predicted molar refractivity (Wildman–Crippen MR) is 63.9 cm³/mol. The fourth-order valence-electron chi connectivity index (χ4n) is 1.95. The van der Waals surface area contributed by atoms with E-state index in [1.54, 1.807) is 0 Å². The van der Waals surface area contributed by atoms with Crippen LogP contribution in [0.1, 0.15) is 39.0 Å². The second-order valence-corrected chi connectivity index (χ2v) is 5.32. The van der Waals surface area contributed by atoms with Gasteiger partial charge in [0, 0.05) is 17.8 Å². The molecule has 1 rings (SSSR count). The Bertz CT molecular complexity index is 146. The number of rotatable bonds is 5. The highest BCUT2D eigenvalue weighted by Gasteiger charge is 2.20. The fourth-order valence-corrected chi connectivity index (χ4v) is 2.69. The van der Waals surface area contributed by atoms with Gasteiger partial charge in [-0.2, -0.15) is 11.8 Å². The van der Waals surface area contributed by atoms with E-state index >= 15 is 0 Å². The summed E-state index contributed by atoms with van der Waals surface area (Å²) in [4.78, 5) is 0. The minimum Gasteiger partial charge on any atom is -0.392 e. The summed E-state index contributed by atoms with van der Waals surface area (Å²) in [7, 11) is 0. The Hall–Kier alpha value is 0.270. The zero-order valence-corrected chi connectivity index (χ0v) is 10.1. The summed E-state index contributed by atoms with van der Waals surface area (Å²) >= 11 is 2.00. The molecule has 84 valence electrons. The zero-order valence-electron chi connectivity index (χ0n) is 9.33. The van der Waals surface area contributed by atoms with E-state index in [2.05, 4.69) is 11.6 Å². The quantitative estimate of drug-likeness (QED) is 0.739. The zero-order chi connectivity index (χ0) is 10.4. The Kier molecular flexibility index (Phi) is 5.90. The smallest absolute Gasteiger partial charge is 0.0662 e. The highest BCUT2D eigenvalue weighted by atomic mass is 32.2. The standard InChI is InChI=1S/C11H23NOS/c1-3-10(13)8-12-9-4-6-11(14-2)7-5-9/h9-13H,3-8H2,1-2H3. The van der Waals surface area contributed by atoms with Crippen molar-refractivity contribution in [3.63, 3.8) is 0 Å². The Morgan fingerprint density at radius 2 is 2.00 bits per heavy atom. The van der Waals surface area contributed by atoms with Gasteiger partial charge in [0.2, 0.25) is 0 Å². The average molecular weight is 217 g/mol. The molecule has 1 aliphatic carbocycles. The number of hydrogen-bond donors (Lipinski definition) is 2. The summed E-state index contributed by atoms with van der Waals surface area (Å²) in [6, 6.07) is 0.652. The molecule has 0 aromatic rings. The third-order valence-corrected chi connectivity index (χ3v) is 4.26. The Morgan fingerprint density at radius 1 is 1.36 bits per heavy atom. The maximum absolute atomic E-state index is 9.42. The lowest BCUT2D eigenvalue weighted by atomic mass is 9.95. The molecule has 14 heavy (non-hydrogen) atoms. The highest BCUT2D eigenvalue weighted by Crippen LogP contribution is 2.26. The first-order chi connectivity index (χ1) is 6.76. The lowest BCUT2D eigenvalue weighted by molar-refractivity contribution is 0.159. The van der Waals surface area contributed by atoms with Gasteiger partial charge in [-0.25, -0.2) is 0 Å². The average Bonchev–Trinajstić information content (AvgIpc) is 2.26. The van der Waals surface area contributed by atoms with E-state index in [0.717, 1.165) is 18.2 Å². The number of hydrogen-bond acceptors (Lipinski definition) is 3. The molecule has 1 unspecified atom stereocenters. The summed E-state index contributed by atoms with van der Waals surface area (Å²) in [6.07, 6.45) is 8.13. The molecule has 2 nitrogen and oxygen atoms in total. The van der Waals surface area contributed by atoms with Crippen LogP contribution < -0.4 is 5.32 Å². The van der Waals surface area contributed by atoms with Crippen molar-refractivity contribution in [2.75, 3.05) is 12.8 Å². The van der Waals surface area contributed by atoms with Crippen molar-refractivity contribution in [1.29, 1.82) is 0 Å². The number of nitrogens with one attached hydrogen (secondary N) is 1. The van der Waals surface area contributed by atoms with Gasteiger partial charge in [0.05, 0.1) is 6.10 Å². The van der Waals surface area contributed by atoms with Crippen LogP contribution in [0.15, 0.2) is 0 Å². The van der Waals surface area contributed by atoms with Gasteiger partial charge in [-0.15, -0.1) is 0 Å². The van der Waals surface area contributed by atoms with Crippen LogP contribution in [0.5, 0.6) is 0 Å². The van der Waals surface area contributed by atoms with E-state index in [9.17, 15) is 5.11 Å². The van der Waals surface area contributed by atoms with Crippen LogP contribution in [0.25, 0.3) is 0 Å². The van der Waals surface area contributed by atoms with Crippen molar-refractivity contribution < 1.29 is 5.11 Å². The van der Waals surface area contributed by atoms with Crippen LogP contribution in [0.2, 0.25) is 0 Å². The molecule has 0 aliphatic heterocycles. The number of aliphatic hydroxyl groups is 1. The van der Waals surface area contributed by atoms with E-state index in [0.29, 0.717) is 6.04 Å². The Morgan fingerprint density at radius 3 is 2.50 bits per heavy atom. The molecule has 0 aromatic heterocycles. The fraction of sp³-hybridized carbons (Fsp3) is 1.00. The first-order valence-electron chi connectivity index (χ1n) is 5.70. The molecule has 0 heterocycles. The molecule has 0 bridgehead atoms. The van der Waals surface area contributed by atoms with Gasteiger partial charge in [0.15, 0.2) is 0 Å². The molecule has 1 aliphatic rings. The largest absolute Gasteiger partial charge is 0.392 e. The van der Waals surface area contributed by atoms with E-state index in [1.807, 2.05) is 18.7 Å². The van der Waals surface area contributed by atoms with Crippen molar-refractivity contribution in [2.24, 2.45) is 0 Å². The normalized spacial score (nSPS) is 30.2. The molecule has 1 fully saturated rings. The van der Waals surface area contributed by atoms with Crippen LogP contribution >= 0.6 is 11.8 Å². The second kappa shape index (κ2) is 6.70. The van der Waals surface area contributed by atoms with Gasteiger partial charge >= 0.3 is 0 Å². The third kappa shape index (κ3) is 4.20. The third-order valence-electron chi connectivity index (χ3n) is 3.12.